The third-order valence-electron chi connectivity index (χ3n) is 3.28. The average molecular weight is 252 g/mol. The topological polar surface area (TPSA) is 52.6 Å². The number of ether oxygens (including phenoxy) is 2. The van der Waals surface area contributed by atoms with E-state index in [0.29, 0.717) is 0 Å². The van der Waals surface area contributed by atoms with E-state index in [4.69, 9.17) is 9.47 Å². The summed E-state index contributed by atoms with van der Waals surface area (Å²) in [4.78, 5) is 23.5. The Morgan fingerprint density at radius 3 is 2.28 bits per heavy atom. The zero-order valence-corrected chi connectivity index (χ0v) is 11.0. The first-order valence-electron chi connectivity index (χ1n) is 6.12. The fraction of sp³-hybridized carbons (Fsp3) is 0.571. The predicted molar refractivity (Wildman–Crippen MR) is 67.8 cm³/mol. The lowest BCUT2D eigenvalue weighted by atomic mass is 9.81. The van der Waals surface area contributed by atoms with Crippen LogP contribution in [0.2, 0.25) is 0 Å². The molecule has 0 aromatic rings. The van der Waals surface area contributed by atoms with E-state index in [9.17, 15) is 9.59 Å². The quantitative estimate of drug-likeness (QED) is 0.428. The molecule has 0 saturated carbocycles. The Bertz CT molecular complexity index is 341. The highest BCUT2D eigenvalue weighted by atomic mass is 16.5. The van der Waals surface area contributed by atoms with Crippen molar-refractivity contribution in [1.82, 2.24) is 0 Å². The second-order valence-corrected chi connectivity index (χ2v) is 4.31. The Morgan fingerprint density at radius 1 is 1.28 bits per heavy atom. The molecule has 0 aromatic carbocycles. The molecule has 0 aliphatic heterocycles. The van der Waals surface area contributed by atoms with Gasteiger partial charge in [-0.2, -0.15) is 0 Å². The van der Waals surface area contributed by atoms with Crippen molar-refractivity contribution in [1.29, 1.82) is 0 Å². The Hall–Kier alpha value is -1.58. The first-order valence-corrected chi connectivity index (χ1v) is 6.12. The van der Waals surface area contributed by atoms with Gasteiger partial charge in [-0.3, -0.25) is 9.59 Å². The third-order valence-corrected chi connectivity index (χ3v) is 3.28. The maximum absolute atomic E-state index is 11.8. The Morgan fingerprint density at radius 2 is 1.89 bits per heavy atom. The minimum Gasteiger partial charge on any atom is -0.468 e. The molecule has 0 spiro atoms. The lowest BCUT2D eigenvalue weighted by molar-refractivity contribution is -0.160. The normalized spacial score (nSPS) is 16.7. The van der Waals surface area contributed by atoms with Crippen molar-refractivity contribution in [2.24, 2.45) is 11.8 Å². The van der Waals surface area contributed by atoms with Gasteiger partial charge in [0, 0.05) is 5.92 Å². The SMILES string of the molecule is C=C[C@H](C1=CCCCC1)C(C(=O)OC)C(=O)OC. The molecule has 1 aliphatic carbocycles. The number of hydrogen-bond acceptors (Lipinski definition) is 4. The minimum absolute atomic E-state index is 0.329. The molecular weight excluding hydrogens is 232 g/mol. The van der Waals surface area contributed by atoms with Gasteiger partial charge < -0.3 is 9.47 Å². The minimum atomic E-state index is -0.943. The summed E-state index contributed by atoms with van der Waals surface area (Å²) in [5.74, 6) is -2.41. The van der Waals surface area contributed by atoms with Crippen LogP contribution in [0.15, 0.2) is 24.3 Å². The summed E-state index contributed by atoms with van der Waals surface area (Å²) in [6.45, 7) is 3.73. The molecule has 0 unspecified atom stereocenters. The Kier molecular flexibility index (Phi) is 5.62. The first kappa shape index (κ1) is 14.5. The molecule has 100 valence electrons. The van der Waals surface area contributed by atoms with Gasteiger partial charge in [-0.15, -0.1) is 6.58 Å². The van der Waals surface area contributed by atoms with E-state index in [0.717, 1.165) is 31.3 Å². The smallest absolute Gasteiger partial charge is 0.321 e. The number of allylic oxidation sites excluding steroid dienone is 3. The van der Waals surface area contributed by atoms with Crippen molar-refractivity contribution >= 4 is 11.9 Å². The van der Waals surface area contributed by atoms with Crippen molar-refractivity contribution in [3.05, 3.63) is 24.3 Å². The summed E-state index contributed by atoms with van der Waals surface area (Å²) in [7, 11) is 2.54. The second-order valence-electron chi connectivity index (χ2n) is 4.31. The number of hydrogen-bond donors (Lipinski definition) is 0. The molecule has 0 N–H and O–H groups in total. The maximum Gasteiger partial charge on any atom is 0.321 e. The van der Waals surface area contributed by atoms with E-state index >= 15 is 0 Å². The number of carbonyl (C=O) groups is 2. The van der Waals surface area contributed by atoms with Crippen LogP contribution in [0, 0.1) is 11.8 Å². The van der Waals surface area contributed by atoms with Gasteiger partial charge in [-0.1, -0.05) is 17.7 Å². The van der Waals surface area contributed by atoms with Gasteiger partial charge in [0.1, 0.15) is 0 Å². The average Bonchev–Trinajstić information content (AvgIpc) is 2.44. The van der Waals surface area contributed by atoms with E-state index in [1.807, 2.05) is 0 Å². The van der Waals surface area contributed by atoms with Crippen molar-refractivity contribution in [3.8, 4) is 0 Å². The van der Waals surface area contributed by atoms with Crippen LogP contribution in [-0.4, -0.2) is 26.2 Å². The van der Waals surface area contributed by atoms with Crippen LogP contribution in [0.4, 0.5) is 0 Å². The summed E-state index contributed by atoms with van der Waals surface area (Å²) < 4.78 is 9.39. The monoisotopic (exact) mass is 252 g/mol. The highest BCUT2D eigenvalue weighted by Gasteiger charge is 2.37. The standard InChI is InChI=1S/C14H20O4/c1-4-11(10-8-6-5-7-9-10)12(13(15)17-2)14(16)18-3/h4,8,11-12H,1,5-7,9H2,2-3H3/t11-/m1/s1. The van der Waals surface area contributed by atoms with Gasteiger partial charge in [0.25, 0.3) is 0 Å². The molecule has 0 radical (unpaired) electrons. The van der Waals surface area contributed by atoms with Gasteiger partial charge in [0.15, 0.2) is 5.92 Å². The Labute approximate surface area is 108 Å². The zero-order valence-electron chi connectivity index (χ0n) is 11.0. The summed E-state index contributed by atoms with van der Waals surface area (Å²) in [6, 6.07) is 0. The zero-order chi connectivity index (χ0) is 13.5. The maximum atomic E-state index is 11.8. The van der Waals surface area contributed by atoms with E-state index in [2.05, 4.69) is 12.7 Å². The predicted octanol–water partition coefficient (Wildman–Crippen LogP) is 2.25. The van der Waals surface area contributed by atoms with Gasteiger partial charge in [0.2, 0.25) is 0 Å². The highest BCUT2D eigenvalue weighted by Crippen LogP contribution is 2.31. The highest BCUT2D eigenvalue weighted by molar-refractivity contribution is 5.95. The summed E-state index contributed by atoms with van der Waals surface area (Å²) in [6.07, 6.45) is 7.82. The summed E-state index contributed by atoms with van der Waals surface area (Å²) in [5, 5.41) is 0. The lowest BCUT2D eigenvalue weighted by Crippen LogP contribution is -2.33. The Balaban J connectivity index is 2.99. The van der Waals surface area contributed by atoms with Crippen LogP contribution in [0.1, 0.15) is 25.7 Å². The number of carbonyl (C=O) groups excluding carboxylic acids is 2. The van der Waals surface area contributed by atoms with Gasteiger partial charge in [-0.05, 0) is 25.7 Å². The molecule has 0 fully saturated rings. The molecule has 0 amide bonds. The van der Waals surface area contributed by atoms with Crippen molar-refractivity contribution in [3.63, 3.8) is 0 Å². The van der Waals surface area contributed by atoms with Gasteiger partial charge in [-0.25, -0.2) is 0 Å². The molecule has 0 heterocycles. The molecule has 0 bridgehead atoms. The van der Waals surface area contributed by atoms with Crippen molar-refractivity contribution in [2.75, 3.05) is 14.2 Å². The lowest BCUT2D eigenvalue weighted by Gasteiger charge is -2.25. The van der Waals surface area contributed by atoms with Crippen LogP contribution in [-0.2, 0) is 19.1 Å². The molecule has 4 heteroatoms. The number of methoxy groups -OCH3 is 2. The largest absolute Gasteiger partial charge is 0.468 e. The van der Waals surface area contributed by atoms with Crippen molar-refractivity contribution < 1.29 is 19.1 Å². The van der Waals surface area contributed by atoms with E-state index in [1.165, 1.54) is 14.2 Å². The van der Waals surface area contributed by atoms with Crippen molar-refractivity contribution in [2.45, 2.75) is 25.7 Å². The number of rotatable bonds is 5. The van der Waals surface area contributed by atoms with Gasteiger partial charge in [0.05, 0.1) is 14.2 Å². The third kappa shape index (κ3) is 3.22. The molecule has 1 aliphatic rings. The first-order chi connectivity index (χ1) is 8.65. The molecular formula is C14H20O4. The fourth-order valence-electron chi connectivity index (χ4n) is 2.31. The fourth-order valence-corrected chi connectivity index (χ4v) is 2.31. The molecule has 0 aromatic heterocycles. The second kappa shape index (κ2) is 6.99. The van der Waals surface area contributed by atoms with Crippen LogP contribution in [0.3, 0.4) is 0 Å². The molecule has 1 atom stereocenters. The van der Waals surface area contributed by atoms with Crippen LogP contribution in [0.5, 0.6) is 0 Å². The van der Waals surface area contributed by atoms with Crippen LogP contribution in [0.25, 0.3) is 0 Å². The molecule has 18 heavy (non-hydrogen) atoms. The molecule has 4 nitrogen and oxygen atoms in total. The van der Waals surface area contributed by atoms with E-state index in [-0.39, 0.29) is 5.92 Å². The molecule has 0 saturated heterocycles. The van der Waals surface area contributed by atoms with Gasteiger partial charge >= 0.3 is 11.9 Å². The van der Waals surface area contributed by atoms with E-state index < -0.39 is 17.9 Å². The summed E-state index contributed by atoms with van der Waals surface area (Å²) in [5.41, 5.74) is 1.08. The summed E-state index contributed by atoms with van der Waals surface area (Å²) >= 11 is 0. The number of esters is 2. The van der Waals surface area contributed by atoms with E-state index in [1.54, 1.807) is 6.08 Å². The van der Waals surface area contributed by atoms with Crippen LogP contribution < -0.4 is 0 Å². The van der Waals surface area contributed by atoms with Crippen LogP contribution >= 0.6 is 0 Å². The molecule has 1 rings (SSSR count).